The number of rotatable bonds is 16. The third-order valence-electron chi connectivity index (χ3n) is 14.0. The van der Waals surface area contributed by atoms with Crippen molar-refractivity contribution in [1.82, 2.24) is 25.8 Å². The van der Waals surface area contributed by atoms with Gasteiger partial charge in [0, 0.05) is 24.9 Å². The van der Waals surface area contributed by atoms with Gasteiger partial charge in [-0.25, -0.2) is 9.59 Å². The van der Waals surface area contributed by atoms with Gasteiger partial charge in [-0.15, -0.1) is 12.4 Å². The maximum Gasteiger partial charge on any atom is 0.338 e. The van der Waals surface area contributed by atoms with E-state index < -0.39 is 71.5 Å². The van der Waals surface area contributed by atoms with Crippen LogP contribution >= 0.6 is 12.4 Å². The lowest BCUT2D eigenvalue weighted by Gasteiger charge is -2.36. The number of carbonyl (C=O) groups excluding carboxylic acids is 6. The van der Waals surface area contributed by atoms with E-state index in [-0.39, 0.29) is 36.1 Å². The van der Waals surface area contributed by atoms with E-state index in [0.29, 0.717) is 49.9 Å². The van der Waals surface area contributed by atoms with Crippen molar-refractivity contribution in [1.29, 1.82) is 0 Å². The summed E-state index contributed by atoms with van der Waals surface area (Å²) >= 11 is 0. The first-order chi connectivity index (χ1) is 30.4. The van der Waals surface area contributed by atoms with Crippen LogP contribution in [0.15, 0.2) is 84.9 Å². The molecule has 4 aromatic carbocycles. The Morgan fingerprint density at radius 3 is 1.30 bits per heavy atom. The van der Waals surface area contributed by atoms with Crippen LogP contribution in [0.4, 0.5) is 0 Å². The minimum absolute atomic E-state index is 0. The molecule has 4 fully saturated rings. The topological polar surface area (TPSA) is 163 Å². The number of imide groups is 1. The van der Waals surface area contributed by atoms with Crippen LogP contribution < -0.4 is 16.0 Å². The summed E-state index contributed by atoms with van der Waals surface area (Å²) in [5.74, 6) is -7.64. The number of benzene rings is 4. The molecule has 3 N–H and O–H groups in total. The van der Waals surface area contributed by atoms with Crippen molar-refractivity contribution >= 4 is 69.5 Å². The van der Waals surface area contributed by atoms with Crippen LogP contribution in [0.2, 0.25) is 0 Å². The van der Waals surface area contributed by atoms with Gasteiger partial charge in [0.25, 0.3) is 0 Å². The smallest absolute Gasteiger partial charge is 0.338 e. The van der Waals surface area contributed by atoms with E-state index in [1.54, 1.807) is 24.3 Å². The summed E-state index contributed by atoms with van der Waals surface area (Å²) in [5.41, 5.74) is 0.780. The minimum Gasteiger partial charge on any atom is -0.458 e. The molecule has 0 aliphatic heterocycles. The van der Waals surface area contributed by atoms with Crippen molar-refractivity contribution in [3.63, 3.8) is 0 Å². The predicted molar refractivity (Wildman–Crippen MR) is 245 cm³/mol. The van der Waals surface area contributed by atoms with Crippen LogP contribution in [-0.4, -0.2) is 112 Å². The lowest BCUT2D eigenvalue weighted by Crippen LogP contribution is -2.53. The zero-order valence-corrected chi connectivity index (χ0v) is 37.8. The molecule has 10 atom stereocenters. The molecule has 4 bridgehead atoms. The molecule has 4 amide bonds. The van der Waals surface area contributed by atoms with Gasteiger partial charge in [-0.2, -0.15) is 0 Å². The van der Waals surface area contributed by atoms with Crippen molar-refractivity contribution in [2.75, 3.05) is 54.4 Å². The largest absolute Gasteiger partial charge is 0.458 e. The lowest BCUT2D eigenvalue weighted by atomic mass is 9.75. The average Bonchev–Trinajstić information content (AvgIpc) is 4.06. The molecule has 4 saturated carbocycles. The maximum absolute atomic E-state index is 14.6. The Bertz CT molecular complexity index is 2230. The molecule has 4 aromatic rings. The van der Waals surface area contributed by atoms with Gasteiger partial charge in [0.15, 0.2) is 0 Å². The summed E-state index contributed by atoms with van der Waals surface area (Å²) in [4.78, 5) is 88.5. The molecule has 0 aromatic heterocycles. The summed E-state index contributed by atoms with van der Waals surface area (Å²) in [7, 11) is 7.84. The SMILES string of the molecule is CN(C)CCCNC(=O)C1C2CC(OC(=O)c3ccc4ccccc4c3)C(C2)C1C(=O)NC(=O)C1C2CC(CC2OC(=O)c2ccc3ccccc3c2)C1C(=O)NCCCN(C)C.Cl. The highest BCUT2D eigenvalue weighted by Gasteiger charge is 2.62. The third-order valence-corrected chi connectivity index (χ3v) is 14.0. The Labute approximate surface area is 380 Å². The van der Waals surface area contributed by atoms with E-state index >= 15 is 0 Å². The van der Waals surface area contributed by atoms with Gasteiger partial charge in [-0.3, -0.25) is 24.5 Å². The molecule has 0 spiro atoms. The second-order valence-corrected chi connectivity index (χ2v) is 18.7. The number of nitrogens with zero attached hydrogens (tertiary/aromatic N) is 2. The highest BCUT2D eigenvalue weighted by atomic mass is 35.5. The van der Waals surface area contributed by atoms with E-state index in [1.807, 2.05) is 98.7 Å². The zero-order valence-electron chi connectivity index (χ0n) is 37.0. The fourth-order valence-corrected chi connectivity index (χ4v) is 11.1. The predicted octanol–water partition coefficient (Wildman–Crippen LogP) is 5.49. The van der Waals surface area contributed by atoms with Gasteiger partial charge < -0.3 is 29.9 Å². The normalized spacial score (nSPS) is 26.5. The number of amides is 4. The fourth-order valence-electron chi connectivity index (χ4n) is 11.1. The van der Waals surface area contributed by atoms with Crippen LogP contribution in [0.1, 0.15) is 59.2 Å². The molecule has 8 rings (SSSR count). The summed E-state index contributed by atoms with van der Waals surface area (Å²) in [6, 6.07) is 26.2. The second-order valence-electron chi connectivity index (χ2n) is 18.7. The number of hydrogen-bond acceptors (Lipinski definition) is 10. The molecular weight excluding hydrogens is 834 g/mol. The molecule has 10 unspecified atom stereocenters. The average molecular weight is 895 g/mol. The monoisotopic (exact) mass is 893 g/mol. The van der Waals surface area contributed by atoms with Crippen molar-refractivity contribution in [2.45, 2.75) is 50.7 Å². The van der Waals surface area contributed by atoms with Gasteiger partial charge in [-0.1, -0.05) is 60.7 Å². The molecule has 0 radical (unpaired) electrons. The van der Waals surface area contributed by atoms with Crippen LogP contribution in [0.25, 0.3) is 21.5 Å². The number of halogens is 1. The van der Waals surface area contributed by atoms with E-state index in [2.05, 4.69) is 16.0 Å². The van der Waals surface area contributed by atoms with Crippen LogP contribution in [-0.2, 0) is 28.7 Å². The molecule has 13 nitrogen and oxygen atoms in total. The van der Waals surface area contributed by atoms with Crippen molar-refractivity contribution < 1.29 is 38.2 Å². The fraction of sp³-hybridized carbons (Fsp3) is 0.480. The Kier molecular flexibility index (Phi) is 14.7. The van der Waals surface area contributed by atoms with Gasteiger partial charge in [0.05, 0.1) is 34.8 Å². The van der Waals surface area contributed by atoms with Crippen LogP contribution in [0.5, 0.6) is 0 Å². The first kappa shape index (κ1) is 46.6. The second kappa shape index (κ2) is 20.2. The minimum atomic E-state index is -0.950. The van der Waals surface area contributed by atoms with Crippen molar-refractivity contribution in [2.24, 2.45) is 47.3 Å². The number of fused-ring (bicyclic) bond motifs is 6. The summed E-state index contributed by atoms with van der Waals surface area (Å²) < 4.78 is 12.3. The van der Waals surface area contributed by atoms with Crippen LogP contribution in [0.3, 0.4) is 0 Å². The van der Waals surface area contributed by atoms with E-state index in [4.69, 9.17) is 9.47 Å². The first-order valence-electron chi connectivity index (χ1n) is 22.5. The molecule has 14 heteroatoms. The molecular formula is C50H60ClN5O8. The Morgan fingerprint density at radius 2 is 0.906 bits per heavy atom. The molecule has 64 heavy (non-hydrogen) atoms. The highest BCUT2D eigenvalue weighted by molar-refractivity contribution is 6.02. The van der Waals surface area contributed by atoms with Gasteiger partial charge >= 0.3 is 11.9 Å². The molecule has 4 aliphatic carbocycles. The standard InChI is InChI=1S/C50H59N5O8.ClH/c1-54(2)21-9-19-51-45(56)41-35-25-37(39(27-35)62-49(60)33-17-15-29-11-5-7-13-31(29)23-33)43(41)47(58)53-48(59)44-38-26-36(42(44)46(57)52-20-10-22-55(3)4)28-40(38)63-50(61)34-18-16-30-12-6-8-14-32(30)24-34;/h5-8,11-18,23-24,35-44H,9-10,19-22,25-28H2,1-4H3,(H,51,56)(H,52,57)(H,53,58,59);1H. The van der Waals surface area contributed by atoms with E-state index in [9.17, 15) is 28.8 Å². The molecule has 0 saturated heterocycles. The Morgan fingerprint density at radius 1 is 0.516 bits per heavy atom. The number of esters is 2. The van der Waals surface area contributed by atoms with Crippen molar-refractivity contribution in [3.05, 3.63) is 96.1 Å². The quantitative estimate of drug-likeness (QED) is 0.0746. The number of nitrogens with one attached hydrogen (secondary N) is 3. The zero-order chi connectivity index (χ0) is 44.4. The maximum atomic E-state index is 14.6. The number of ether oxygens (including phenoxy) is 2. The molecule has 4 aliphatic rings. The van der Waals surface area contributed by atoms with E-state index in [0.717, 1.165) is 47.5 Å². The summed E-state index contributed by atoms with van der Waals surface area (Å²) in [5, 5.41) is 12.5. The van der Waals surface area contributed by atoms with Gasteiger partial charge in [-0.05, 0) is 137 Å². The third kappa shape index (κ3) is 9.96. The summed E-state index contributed by atoms with van der Waals surface area (Å²) in [6.45, 7) is 2.39. The number of hydrogen-bond donors (Lipinski definition) is 3. The number of carbonyl (C=O) groups is 6. The first-order valence-corrected chi connectivity index (χ1v) is 22.5. The molecule has 340 valence electrons. The molecule has 0 heterocycles. The Balaban J connectivity index is 0.00000612. The highest BCUT2D eigenvalue weighted by Crippen LogP contribution is 2.56. The summed E-state index contributed by atoms with van der Waals surface area (Å²) in [6.07, 6.45) is 1.97. The van der Waals surface area contributed by atoms with Crippen molar-refractivity contribution in [3.8, 4) is 0 Å². The Hall–Kier alpha value is -5.37. The van der Waals surface area contributed by atoms with Gasteiger partial charge in [0.1, 0.15) is 12.2 Å². The lowest BCUT2D eigenvalue weighted by molar-refractivity contribution is -0.147. The van der Waals surface area contributed by atoms with E-state index in [1.165, 1.54) is 0 Å². The van der Waals surface area contributed by atoms with Crippen LogP contribution in [0, 0.1) is 47.3 Å². The van der Waals surface area contributed by atoms with Gasteiger partial charge in [0.2, 0.25) is 23.6 Å².